The molecule has 1 aliphatic rings. The monoisotopic (exact) mass is 274 g/mol. The van der Waals surface area contributed by atoms with Crippen LogP contribution >= 0.6 is 0 Å². The smallest absolute Gasteiger partial charge is 0.227 e. The molecule has 0 aliphatic carbocycles. The van der Waals surface area contributed by atoms with Gasteiger partial charge in [0.25, 0.3) is 0 Å². The van der Waals surface area contributed by atoms with Gasteiger partial charge in [-0.3, -0.25) is 9.59 Å². The van der Waals surface area contributed by atoms with E-state index in [1.165, 1.54) is 0 Å². The second kappa shape index (κ2) is 6.07. The number of anilines is 2. The number of aryl methyl sites for hydroxylation is 1. The van der Waals surface area contributed by atoms with Crippen molar-refractivity contribution < 1.29 is 9.59 Å². The van der Waals surface area contributed by atoms with E-state index in [-0.39, 0.29) is 17.7 Å². The Morgan fingerprint density at radius 2 is 2.00 bits per heavy atom. The summed E-state index contributed by atoms with van der Waals surface area (Å²) in [6, 6.07) is 5.77. The quantitative estimate of drug-likeness (QED) is 0.917. The Balaban J connectivity index is 2.16. The van der Waals surface area contributed by atoms with Gasteiger partial charge in [0.15, 0.2) is 0 Å². The van der Waals surface area contributed by atoms with Gasteiger partial charge in [-0.25, -0.2) is 0 Å². The summed E-state index contributed by atoms with van der Waals surface area (Å²) >= 11 is 0. The Labute approximate surface area is 120 Å². The van der Waals surface area contributed by atoms with Gasteiger partial charge < -0.3 is 10.2 Å². The van der Waals surface area contributed by atoms with Gasteiger partial charge in [-0.05, 0) is 43.0 Å². The molecule has 0 saturated heterocycles. The van der Waals surface area contributed by atoms with Crippen molar-refractivity contribution >= 4 is 23.2 Å². The van der Waals surface area contributed by atoms with E-state index in [0.29, 0.717) is 6.42 Å². The van der Waals surface area contributed by atoms with Gasteiger partial charge in [0.1, 0.15) is 0 Å². The van der Waals surface area contributed by atoms with Crippen LogP contribution in [0.25, 0.3) is 0 Å². The Bertz CT molecular complexity index is 521. The maximum atomic E-state index is 12.1. The molecule has 108 valence electrons. The van der Waals surface area contributed by atoms with Crippen LogP contribution in [0.15, 0.2) is 18.2 Å². The minimum Gasteiger partial charge on any atom is -0.326 e. The third-order valence-corrected chi connectivity index (χ3v) is 4.05. The van der Waals surface area contributed by atoms with Crippen molar-refractivity contribution in [3.05, 3.63) is 23.8 Å². The van der Waals surface area contributed by atoms with Crippen LogP contribution in [0.5, 0.6) is 0 Å². The highest BCUT2D eigenvalue weighted by Gasteiger charge is 2.21. The van der Waals surface area contributed by atoms with E-state index < -0.39 is 0 Å². The molecule has 1 N–H and O–H groups in total. The number of benzene rings is 1. The summed E-state index contributed by atoms with van der Waals surface area (Å²) < 4.78 is 0. The van der Waals surface area contributed by atoms with Crippen molar-refractivity contribution in [2.24, 2.45) is 5.92 Å². The van der Waals surface area contributed by atoms with Crippen LogP contribution in [0, 0.1) is 5.92 Å². The molecule has 20 heavy (non-hydrogen) atoms. The van der Waals surface area contributed by atoms with Gasteiger partial charge in [0.05, 0.1) is 0 Å². The molecular formula is C16H22N2O2. The van der Waals surface area contributed by atoms with Crippen molar-refractivity contribution in [2.75, 3.05) is 17.3 Å². The van der Waals surface area contributed by atoms with Gasteiger partial charge in [-0.2, -0.15) is 0 Å². The molecule has 1 aliphatic heterocycles. The fourth-order valence-corrected chi connectivity index (χ4v) is 2.64. The van der Waals surface area contributed by atoms with E-state index in [1.54, 1.807) is 11.9 Å². The number of amides is 2. The summed E-state index contributed by atoms with van der Waals surface area (Å²) in [6.45, 7) is 4.06. The minimum atomic E-state index is 0.0651. The average molecular weight is 274 g/mol. The fraction of sp³-hybridized carbons (Fsp3) is 0.500. The summed E-state index contributed by atoms with van der Waals surface area (Å²) in [5, 5.41) is 2.98. The number of carbonyl (C=O) groups excluding carboxylic acids is 2. The predicted octanol–water partition coefficient (Wildman–Crippen LogP) is 2.97. The van der Waals surface area contributed by atoms with Crippen molar-refractivity contribution in [1.82, 2.24) is 0 Å². The number of hydrogen-bond acceptors (Lipinski definition) is 2. The van der Waals surface area contributed by atoms with E-state index >= 15 is 0 Å². The molecule has 1 aromatic rings. The van der Waals surface area contributed by atoms with Crippen LogP contribution in [-0.4, -0.2) is 18.9 Å². The molecule has 4 nitrogen and oxygen atoms in total. The molecule has 0 bridgehead atoms. The van der Waals surface area contributed by atoms with Crippen LogP contribution < -0.4 is 10.2 Å². The van der Waals surface area contributed by atoms with Crippen LogP contribution in [0.4, 0.5) is 11.4 Å². The number of nitrogens with one attached hydrogen (secondary N) is 1. The Kier molecular flexibility index (Phi) is 4.42. The van der Waals surface area contributed by atoms with Gasteiger partial charge in [-0.15, -0.1) is 0 Å². The topological polar surface area (TPSA) is 49.4 Å². The van der Waals surface area contributed by atoms with Crippen LogP contribution in [0.2, 0.25) is 0 Å². The van der Waals surface area contributed by atoms with Crippen molar-refractivity contribution in [1.29, 1.82) is 0 Å². The minimum absolute atomic E-state index is 0.0651. The highest BCUT2D eigenvalue weighted by atomic mass is 16.2. The summed E-state index contributed by atoms with van der Waals surface area (Å²) in [4.78, 5) is 25.4. The van der Waals surface area contributed by atoms with E-state index in [4.69, 9.17) is 0 Å². The fourth-order valence-electron chi connectivity index (χ4n) is 2.64. The molecule has 0 aromatic heterocycles. The molecular weight excluding hydrogens is 252 g/mol. The molecule has 1 heterocycles. The second-order valence-corrected chi connectivity index (χ2v) is 5.30. The van der Waals surface area contributed by atoms with E-state index in [1.807, 2.05) is 32.0 Å². The molecule has 1 aromatic carbocycles. The number of hydrogen-bond donors (Lipinski definition) is 1. The van der Waals surface area contributed by atoms with E-state index in [0.717, 1.165) is 36.2 Å². The number of rotatable bonds is 4. The van der Waals surface area contributed by atoms with E-state index in [2.05, 4.69) is 5.32 Å². The third-order valence-electron chi connectivity index (χ3n) is 4.05. The third kappa shape index (κ3) is 2.84. The Morgan fingerprint density at radius 1 is 1.30 bits per heavy atom. The number of fused-ring (bicyclic) bond motifs is 1. The Hall–Kier alpha value is -1.84. The van der Waals surface area contributed by atoms with Crippen LogP contribution in [-0.2, 0) is 16.0 Å². The summed E-state index contributed by atoms with van der Waals surface area (Å²) in [7, 11) is 1.79. The first-order valence-corrected chi connectivity index (χ1v) is 7.27. The zero-order valence-electron chi connectivity index (χ0n) is 12.4. The molecule has 0 saturated carbocycles. The first kappa shape index (κ1) is 14.6. The first-order chi connectivity index (χ1) is 9.56. The molecule has 0 atom stereocenters. The normalized spacial score (nSPS) is 14.4. The number of nitrogens with zero attached hydrogens (tertiary/aromatic N) is 1. The maximum Gasteiger partial charge on any atom is 0.227 e. The van der Waals surface area contributed by atoms with Gasteiger partial charge in [0.2, 0.25) is 11.8 Å². The molecule has 2 amide bonds. The van der Waals surface area contributed by atoms with Crippen LogP contribution in [0.1, 0.15) is 38.7 Å². The standard InChI is InChI=1S/C16H22N2O2/c1-4-11(5-2)16(20)17-13-7-8-14-12(10-13)6-9-15(19)18(14)3/h7-8,10-11H,4-6,9H2,1-3H3,(H,17,20). The lowest BCUT2D eigenvalue weighted by Crippen LogP contribution is -2.31. The lowest BCUT2D eigenvalue weighted by Gasteiger charge is -2.26. The van der Waals surface area contributed by atoms with Crippen molar-refractivity contribution in [2.45, 2.75) is 39.5 Å². The van der Waals surface area contributed by atoms with Gasteiger partial charge in [0, 0.05) is 30.8 Å². The average Bonchev–Trinajstić information content (AvgIpc) is 2.44. The summed E-state index contributed by atoms with van der Waals surface area (Å²) in [6.07, 6.45) is 2.98. The highest BCUT2D eigenvalue weighted by molar-refractivity contribution is 5.97. The largest absolute Gasteiger partial charge is 0.326 e. The maximum absolute atomic E-state index is 12.1. The van der Waals surface area contributed by atoms with Crippen LogP contribution in [0.3, 0.4) is 0 Å². The second-order valence-electron chi connectivity index (χ2n) is 5.30. The predicted molar refractivity (Wildman–Crippen MR) is 80.9 cm³/mol. The first-order valence-electron chi connectivity index (χ1n) is 7.27. The zero-order valence-corrected chi connectivity index (χ0v) is 12.4. The van der Waals surface area contributed by atoms with Crippen molar-refractivity contribution in [3.8, 4) is 0 Å². The zero-order chi connectivity index (χ0) is 14.7. The molecule has 2 rings (SSSR count). The van der Waals surface area contributed by atoms with Gasteiger partial charge >= 0.3 is 0 Å². The summed E-state index contributed by atoms with van der Waals surface area (Å²) in [5.41, 5.74) is 2.89. The molecule has 0 unspecified atom stereocenters. The lowest BCUT2D eigenvalue weighted by atomic mass is 10.00. The van der Waals surface area contributed by atoms with Crippen molar-refractivity contribution in [3.63, 3.8) is 0 Å². The number of carbonyl (C=O) groups is 2. The lowest BCUT2D eigenvalue weighted by molar-refractivity contribution is -0.120. The molecule has 0 fully saturated rings. The molecule has 0 spiro atoms. The molecule has 4 heteroatoms. The Morgan fingerprint density at radius 3 is 2.65 bits per heavy atom. The molecule has 0 radical (unpaired) electrons. The van der Waals surface area contributed by atoms with Gasteiger partial charge in [-0.1, -0.05) is 13.8 Å². The van der Waals surface area contributed by atoms with E-state index in [9.17, 15) is 9.59 Å². The SMILES string of the molecule is CCC(CC)C(=O)Nc1ccc2c(c1)CCC(=O)N2C. The highest BCUT2D eigenvalue weighted by Crippen LogP contribution is 2.29. The summed E-state index contributed by atoms with van der Waals surface area (Å²) in [5.74, 6) is 0.289.